The summed E-state index contributed by atoms with van der Waals surface area (Å²) in [5.41, 5.74) is 0.951. The van der Waals surface area contributed by atoms with Gasteiger partial charge in [0.1, 0.15) is 0 Å². The number of carboxylic acids is 1. The summed E-state index contributed by atoms with van der Waals surface area (Å²) in [5.74, 6) is -1.09. The second kappa shape index (κ2) is 3.98. The fourth-order valence-electron chi connectivity index (χ4n) is 1.26. The normalized spacial score (nSPS) is 12.9. The van der Waals surface area contributed by atoms with E-state index in [-0.39, 0.29) is 0 Å². The second-order valence-corrected chi connectivity index (χ2v) is 3.24. The molecule has 1 rings (SSSR count). The van der Waals surface area contributed by atoms with Crippen LogP contribution in [0.1, 0.15) is 17.5 Å². The second-order valence-electron chi connectivity index (χ2n) is 2.86. The Balaban J connectivity index is 3.22. The number of aryl methyl sites for hydroxylation is 2. The molecule has 0 aliphatic carbocycles. The number of aliphatic carboxylic acids is 1. The molecule has 0 radical (unpaired) electrons. The van der Waals surface area contributed by atoms with E-state index in [9.17, 15) is 4.79 Å². The fourth-order valence-corrected chi connectivity index (χ4v) is 1.52. The lowest BCUT2D eigenvalue weighted by Crippen LogP contribution is -2.17. The molecule has 0 bridgehead atoms. The van der Waals surface area contributed by atoms with Crippen molar-refractivity contribution < 1.29 is 14.6 Å². The maximum Gasteiger partial charge on any atom is 0.339 e. The van der Waals surface area contributed by atoms with Gasteiger partial charge >= 0.3 is 5.97 Å². The van der Waals surface area contributed by atoms with Crippen molar-refractivity contribution in [2.75, 3.05) is 7.11 Å². The summed E-state index contributed by atoms with van der Waals surface area (Å²) < 4.78 is 6.24. The maximum atomic E-state index is 10.8. The molecule has 1 N–H and O–H groups in total. The average molecular weight is 219 g/mol. The number of methoxy groups -OCH3 is 1. The summed E-state index contributed by atoms with van der Waals surface area (Å²) in [6.45, 7) is 1.71. The molecule has 1 atom stereocenters. The number of hydrogen-bond donors (Lipinski definition) is 1. The molecular formula is C8H11ClN2O3. The molecule has 78 valence electrons. The van der Waals surface area contributed by atoms with Gasteiger partial charge in [0, 0.05) is 14.2 Å². The quantitative estimate of drug-likeness (QED) is 0.827. The Morgan fingerprint density at radius 2 is 2.29 bits per heavy atom. The Hall–Kier alpha value is -1.07. The van der Waals surface area contributed by atoms with Crippen molar-refractivity contribution in [1.29, 1.82) is 0 Å². The third-order valence-corrected chi connectivity index (χ3v) is 2.37. The Morgan fingerprint density at radius 3 is 2.57 bits per heavy atom. The van der Waals surface area contributed by atoms with Crippen molar-refractivity contribution in [3.63, 3.8) is 0 Å². The van der Waals surface area contributed by atoms with E-state index >= 15 is 0 Å². The van der Waals surface area contributed by atoms with Crippen LogP contribution in [-0.2, 0) is 16.6 Å². The zero-order valence-electron chi connectivity index (χ0n) is 8.11. The first-order valence-electron chi connectivity index (χ1n) is 3.93. The van der Waals surface area contributed by atoms with Crippen LogP contribution in [0.3, 0.4) is 0 Å². The molecule has 1 aromatic heterocycles. The molecule has 0 saturated carbocycles. The minimum Gasteiger partial charge on any atom is -0.479 e. The van der Waals surface area contributed by atoms with Gasteiger partial charge in [-0.25, -0.2) is 4.79 Å². The van der Waals surface area contributed by atoms with Gasteiger partial charge in [0.25, 0.3) is 0 Å². The first-order valence-corrected chi connectivity index (χ1v) is 4.31. The number of hydrogen-bond acceptors (Lipinski definition) is 3. The van der Waals surface area contributed by atoms with Gasteiger partial charge in [0.15, 0.2) is 6.10 Å². The lowest BCUT2D eigenvalue weighted by Gasteiger charge is -2.10. The van der Waals surface area contributed by atoms with Crippen molar-refractivity contribution >= 4 is 17.6 Å². The summed E-state index contributed by atoms with van der Waals surface area (Å²) in [4.78, 5) is 10.8. The molecule has 0 fully saturated rings. The SMILES string of the molecule is COC(C(=O)O)c1c(Cl)c(C)nn1C. The van der Waals surface area contributed by atoms with Gasteiger partial charge < -0.3 is 9.84 Å². The summed E-state index contributed by atoms with van der Waals surface area (Å²) in [6, 6.07) is 0. The number of aromatic nitrogens is 2. The van der Waals surface area contributed by atoms with Crippen LogP contribution in [0.4, 0.5) is 0 Å². The van der Waals surface area contributed by atoms with E-state index in [4.69, 9.17) is 21.4 Å². The van der Waals surface area contributed by atoms with Crippen molar-refractivity contribution in [3.8, 4) is 0 Å². The highest BCUT2D eigenvalue weighted by atomic mass is 35.5. The predicted molar refractivity (Wildman–Crippen MR) is 50.3 cm³/mol. The van der Waals surface area contributed by atoms with E-state index in [0.717, 1.165) is 0 Å². The van der Waals surface area contributed by atoms with Gasteiger partial charge in [-0.15, -0.1) is 0 Å². The van der Waals surface area contributed by atoms with Gasteiger partial charge in [-0.1, -0.05) is 11.6 Å². The van der Waals surface area contributed by atoms with E-state index in [1.165, 1.54) is 11.8 Å². The summed E-state index contributed by atoms with van der Waals surface area (Å²) in [6.07, 6.45) is -1.08. The third kappa shape index (κ3) is 1.73. The molecule has 0 saturated heterocycles. The summed E-state index contributed by atoms with van der Waals surface area (Å²) >= 11 is 5.90. The molecule has 1 unspecified atom stereocenters. The third-order valence-electron chi connectivity index (χ3n) is 1.90. The lowest BCUT2D eigenvalue weighted by molar-refractivity contribution is -0.149. The van der Waals surface area contributed by atoms with Gasteiger partial charge in [0.05, 0.1) is 16.4 Å². The average Bonchev–Trinajstić information content (AvgIpc) is 2.32. The molecule has 1 heterocycles. The number of carboxylic acid groups (broad SMARTS) is 1. The molecule has 0 amide bonds. The zero-order chi connectivity index (χ0) is 10.9. The Kier molecular flexibility index (Phi) is 3.13. The van der Waals surface area contributed by atoms with E-state index in [0.29, 0.717) is 16.4 Å². The van der Waals surface area contributed by atoms with Crippen LogP contribution >= 0.6 is 11.6 Å². The molecule has 5 nitrogen and oxygen atoms in total. The van der Waals surface area contributed by atoms with Crippen LogP contribution in [0, 0.1) is 6.92 Å². The van der Waals surface area contributed by atoms with E-state index in [1.54, 1.807) is 14.0 Å². The molecule has 0 aromatic carbocycles. The van der Waals surface area contributed by atoms with E-state index in [1.807, 2.05) is 0 Å². The molecule has 14 heavy (non-hydrogen) atoms. The van der Waals surface area contributed by atoms with Gasteiger partial charge in [-0.2, -0.15) is 5.10 Å². The first-order chi connectivity index (χ1) is 6.49. The largest absolute Gasteiger partial charge is 0.479 e. The highest BCUT2D eigenvalue weighted by molar-refractivity contribution is 6.32. The van der Waals surface area contributed by atoms with E-state index in [2.05, 4.69) is 5.10 Å². The highest BCUT2D eigenvalue weighted by Crippen LogP contribution is 2.27. The fraction of sp³-hybridized carbons (Fsp3) is 0.500. The Bertz CT molecular complexity index is 362. The molecule has 0 spiro atoms. The van der Waals surface area contributed by atoms with Gasteiger partial charge in [-0.05, 0) is 6.92 Å². The van der Waals surface area contributed by atoms with Crippen molar-refractivity contribution in [1.82, 2.24) is 9.78 Å². The van der Waals surface area contributed by atoms with Crippen LogP contribution in [0.2, 0.25) is 5.02 Å². The minimum absolute atomic E-state index is 0.335. The molecule has 0 aliphatic rings. The smallest absolute Gasteiger partial charge is 0.339 e. The summed E-state index contributed by atoms with van der Waals surface area (Å²) in [7, 11) is 2.95. The van der Waals surface area contributed by atoms with Crippen molar-refractivity contribution in [2.24, 2.45) is 7.05 Å². The van der Waals surface area contributed by atoms with Crippen LogP contribution in [0.25, 0.3) is 0 Å². The minimum atomic E-state index is -1.09. The van der Waals surface area contributed by atoms with Crippen LogP contribution in [-0.4, -0.2) is 28.0 Å². The maximum absolute atomic E-state index is 10.8. The number of carbonyl (C=O) groups is 1. The molecular weight excluding hydrogens is 208 g/mol. The standard InChI is InChI=1S/C8H11ClN2O3/c1-4-5(9)6(11(2)10-4)7(14-3)8(12)13/h7H,1-3H3,(H,12,13). The number of ether oxygens (including phenoxy) is 1. The van der Waals surface area contributed by atoms with Gasteiger partial charge in [0.2, 0.25) is 0 Å². The van der Waals surface area contributed by atoms with Crippen LogP contribution in [0.5, 0.6) is 0 Å². The molecule has 1 aromatic rings. The lowest BCUT2D eigenvalue weighted by atomic mass is 10.2. The molecule has 0 aliphatic heterocycles. The van der Waals surface area contributed by atoms with Gasteiger partial charge in [-0.3, -0.25) is 4.68 Å². The number of halogens is 1. The predicted octanol–water partition coefficient (Wildman–Crippen LogP) is 1.15. The Morgan fingerprint density at radius 1 is 1.71 bits per heavy atom. The Labute approximate surface area is 86.2 Å². The number of nitrogens with zero attached hydrogens (tertiary/aromatic N) is 2. The molecule has 6 heteroatoms. The van der Waals surface area contributed by atoms with Crippen molar-refractivity contribution in [2.45, 2.75) is 13.0 Å². The summed E-state index contributed by atoms with van der Waals surface area (Å²) in [5, 5.41) is 13.2. The monoisotopic (exact) mass is 218 g/mol. The highest BCUT2D eigenvalue weighted by Gasteiger charge is 2.26. The van der Waals surface area contributed by atoms with Crippen LogP contribution < -0.4 is 0 Å². The van der Waals surface area contributed by atoms with Crippen LogP contribution in [0.15, 0.2) is 0 Å². The zero-order valence-corrected chi connectivity index (χ0v) is 8.87. The van der Waals surface area contributed by atoms with E-state index < -0.39 is 12.1 Å². The van der Waals surface area contributed by atoms with Crippen molar-refractivity contribution in [3.05, 3.63) is 16.4 Å². The first kappa shape index (κ1) is 11.0. The topological polar surface area (TPSA) is 64.3 Å². The number of rotatable bonds is 3.